The van der Waals surface area contributed by atoms with Gasteiger partial charge in [0.2, 0.25) is 5.13 Å². The van der Waals surface area contributed by atoms with Gasteiger partial charge in [-0.15, -0.1) is 22.7 Å². The number of nitrogens with zero attached hydrogens (tertiary/aromatic N) is 4. The zero-order valence-electron chi connectivity index (χ0n) is 15.7. The van der Waals surface area contributed by atoms with Crippen molar-refractivity contribution in [2.24, 2.45) is 5.10 Å². The van der Waals surface area contributed by atoms with E-state index in [0.717, 1.165) is 39.8 Å². The number of aromatic nitrogens is 2. The number of hydrogen-bond donors (Lipinski definition) is 0. The van der Waals surface area contributed by atoms with Crippen LogP contribution in [-0.4, -0.2) is 22.8 Å². The van der Waals surface area contributed by atoms with Gasteiger partial charge in [-0.25, -0.2) is 9.99 Å². The van der Waals surface area contributed by atoms with Gasteiger partial charge in [0.25, 0.3) is 0 Å². The Bertz CT molecular complexity index is 1120. The van der Waals surface area contributed by atoms with Crippen molar-refractivity contribution in [3.05, 3.63) is 82.1 Å². The summed E-state index contributed by atoms with van der Waals surface area (Å²) in [6.45, 7) is 0. The van der Waals surface area contributed by atoms with E-state index >= 15 is 0 Å². The first-order chi connectivity index (χ1) is 14.3. The van der Waals surface area contributed by atoms with Crippen LogP contribution in [0.4, 0.5) is 5.13 Å². The SMILES string of the molecule is COc1ccc(-c2csc(N3N=C(c4cccs4)C[C@@H]3c3cccnc3)n2)cc1. The van der Waals surface area contributed by atoms with Crippen molar-refractivity contribution in [1.29, 1.82) is 0 Å². The molecule has 29 heavy (non-hydrogen) atoms. The average Bonchev–Trinajstić information content (AvgIpc) is 3.54. The average molecular weight is 419 g/mol. The first kappa shape index (κ1) is 18.0. The second kappa shape index (κ2) is 7.77. The molecule has 0 amide bonds. The molecule has 5 nitrogen and oxygen atoms in total. The number of anilines is 1. The summed E-state index contributed by atoms with van der Waals surface area (Å²) in [5.41, 5.74) is 4.24. The minimum absolute atomic E-state index is 0.0932. The van der Waals surface area contributed by atoms with Crippen LogP contribution in [0.3, 0.4) is 0 Å². The van der Waals surface area contributed by atoms with E-state index in [1.807, 2.05) is 41.5 Å². The van der Waals surface area contributed by atoms with Crippen molar-refractivity contribution in [3.63, 3.8) is 0 Å². The van der Waals surface area contributed by atoms with Crippen molar-refractivity contribution in [3.8, 4) is 17.0 Å². The van der Waals surface area contributed by atoms with Gasteiger partial charge >= 0.3 is 0 Å². The summed E-state index contributed by atoms with van der Waals surface area (Å²) in [5.74, 6) is 0.838. The molecule has 0 saturated heterocycles. The lowest BCUT2D eigenvalue weighted by Gasteiger charge is -2.20. The number of hydrazone groups is 1. The summed E-state index contributed by atoms with van der Waals surface area (Å²) < 4.78 is 5.25. The third-order valence-corrected chi connectivity index (χ3v) is 6.61. The van der Waals surface area contributed by atoms with E-state index in [9.17, 15) is 0 Å². The summed E-state index contributed by atoms with van der Waals surface area (Å²) in [6.07, 6.45) is 4.56. The van der Waals surface area contributed by atoms with Gasteiger partial charge in [-0.2, -0.15) is 5.10 Å². The van der Waals surface area contributed by atoms with Gasteiger partial charge in [0, 0.05) is 29.8 Å². The summed E-state index contributed by atoms with van der Waals surface area (Å²) >= 11 is 3.33. The van der Waals surface area contributed by atoms with E-state index in [0.29, 0.717) is 0 Å². The van der Waals surface area contributed by atoms with Gasteiger partial charge in [0.1, 0.15) is 5.75 Å². The van der Waals surface area contributed by atoms with Gasteiger partial charge < -0.3 is 4.74 Å². The molecule has 3 aromatic heterocycles. The highest BCUT2D eigenvalue weighted by molar-refractivity contribution is 7.14. The van der Waals surface area contributed by atoms with Crippen LogP contribution in [0.5, 0.6) is 5.75 Å². The Morgan fingerprint density at radius 2 is 1.97 bits per heavy atom. The van der Waals surface area contributed by atoms with Crippen LogP contribution in [-0.2, 0) is 0 Å². The molecular weight excluding hydrogens is 400 g/mol. The fraction of sp³-hybridized carbons (Fsp3) is 0.136. The molecule has 1 aliphatic rings. The van der Waals surface area contributed by atoms with E-state index in [1.54, 1.807) is 36.0 Å². The molecular formula is C22H18N4OS2. The molecule has 1 aromatic carbocycles. The standard InChI is InChI=1S/C22H18N4OS2/c1-27-17-8-6-15(7-9-17)19-14-29-22(24-19)26-20(16-4-2-10-23-13-16)12-18(25-26)21-5-3-11-28-21/h2-11,13-14,20H,12H2,1H3/t20-/m1/s1. The van der Waals surface area contributed by atoms with Gasteiger partial charge in [-0.1, -0.05) is 12.1 Å². The number of hydrogen-bond acceptors (Lipinski definition) is 7. The van der Waals surface area contributed by atoms with Crippen molar-refractivity contribution < 1.29 is 4.74 Å². The van der Waals surface area contributed by atoms with E-state index in [2.05, 4.69) is 33.9 Å². The molecule has 7 heteroatoms. The van der Waals surface area contributed by atoms with Crippen LogP contribution in [0.1, 0.15) is 22.9 Å². The lowest BCUT2D eigenvalue weighted by atomic mass is 10.0. The number of methoxy groups -OCH3 is 1. The fourth-order valence-corrected chi connectivity index (χ4v) is 4.93. The second-order valence-electron chi connectivity index (χ2n) is 6.62. The maximum Gasteiger partial charge on any atom is 0.207 e. The minimum atomic E-state index is 0.0932. The van der Waals surface area contributed by atoms with Gasteiger partial charge in [0.15, 0.2) is 0 Å². The van der Waals surface area contributed by atoms with Crippen molar-refractivity contribution in [2.45, 2.75) is 12.5 Å². The number of thiazole rings is 1. The van der Waals surface area contributed by atoms with Gasteiger partial charge in [-0.05, 0) is 47.3 Å². The van der Waals surface area contributed by atoms with Crippen LogP contribution in [0.25, 0.3) is 11.3 Å². The van der Waals surface area contributed by atoms with E-state index in [4.69, 9.17) is 14.8 Å². The molecule has 0 saturated carbocycles. The predicted octanol–water partition coefficient (Wildman–Crippen LogP) is 5.63. The molecule has 144 valence electrons. The summed E-state index contributed by atoms with van der Waals surface area (Å²) in [5, 5.41) is 12.1. The minimum Gasteiger partial charge on any atom is -0.497 e. The lowest BCUT2D eigenvalue weighted by molar-refractivity contribution is 0.415. The number of ether oxygens (including phenoxy) is 1. The second-order valence-corrected chi connectivity index (χ2v) is 8.40. The Labute approximate surface area is 177 Å². The smallest absolute Gasteiger partial charge is 0.207 e. The fourth-order valence-electron chi connectivity index (χ4n) is 3.37. The highest BCUT2D eigenvalue weighted by atomic mass is 32.1. The zero-order valence-corrected chi connectivity index (χ0v) is 17.4. The molecule has 0 fully saturated rings. The van der Waals surface area contributed by atoms with Crippen molar-refractivity contribution >= 4 is 33.5 Å². The molecule has 0 bridgehead atoms. The molecule has 1 atom stereocenters. The third-order valence-electron chi connectivity index (χ3n) is 4.86. The lowest BCUT2D eigenvalue weighted by Crippen LogP contribution is -2.18. The Morgan fingerprint density at radius 1 is 1.07 bits per heavy atom. The zero-order chi connectivity index (χ0) is 19.6. The van der Waals surface area contributed by atoms with E-state index < -0.39 is 0 Å². The van der Waals surface area contributed by atoms with Crippen molar-refractivity contribution in [2.75, 3.05) is 12.1 Å². The third kappa shape index (κ3) is 3.54. The topological polar surface area (TPSA) is 50.6 Å². The maximum atomic E-state index is 5.25. The van der Waals surface area contributed by atoms with Crippen LogP contribution < -0.4 is 9.75 Å². The Morgan fingerprint density at radius 3 is 2.69 bits per heavy atom. The number of rotatable bonds is 5. The molecule has 0 N–H and O–H groups in total. The molecule has 0 aliphatic carbocycles. The largest absolute Gasteiger partial charge is 0.497 e. The normalized spacial score (nSPS) is 16.1. The highest BCUT2D eigenvalue weighted by Crippen LogP contribution is 2.39. The van der Waals surface area contributed by atoms with Gasteiger partial charge in [0.05, 0.1) is 29.4 Å². The van der Waals surface area contributed by atoms with Crippen LogP contribution in [0, 0.1) is 0 Å². The Hall–Kier alpha value is -3.03. The number of thiophene rings is 1. The van der Waals surface area contributed by atoms with Crippen LogP contribution in [0.15, 0.2) is 76.8 Å². The molecule has 1 aliphatic heterocycles. The Balaban J connectivity index is 1.50. The van der Waals surface area contributed by atoms with E-state index in [1.165, 1.54) is 4.88 Å². The first-order valence-electron chi connectivity index (χ1n) is 9.22. The number of benzene rings is 1. The first-order valence-corrected chi connectivity index (χ1v) is 11.0. The molecule has 0 unspecified atom stereocenters. The monoisotopic (exact) mass is 418 g/mol. The molecule has 4 heterocycles. The predicted molar refractivity (Wildman–Crippen MR) is 119 cm³/mol. The van der Waals surface area contributed by atoms with Gasteiger partial charge in [-0.3, -0.25) is 4.98 Å². The van der Waals surface area contributed by atoms with Crippen LogP contribution in [0.2, 0.25) is 0 Å². The number of pyridine rings is 1. The highest BCUT2D eigenvalue weighted by Gasteiger charge is 2.32. The molecule has 4 aromatic rings. The maximum absolute atomic E-state index is 5.25. The summed E-state index contributed by atoms with van der Waals surface area (Å²) in [6, 6.07) is 16.3. The summed E-state index contributed by atoms with van der Waals surface area (Å²) in [4.78, 5) is 10.4. The molecule has 5 rings (SSSR count). The van der Waals surface area contributed by atoms with Crippen molar-refractivity contribution in [1.82, 2.24) is 9.97 Å². The quantitative estimate of drug-likeness (QED) is 0.421. The van der Waals surface area contributed by atoms with Crippen LogP contribution >= 0.6 is 22.7 Å². The Kier molecular flexibility index (Phi) is 4.83. The summed E-state index contributed by atoms with van der Waals surface area (Å²) in [7, 11) is 1.67. The van der Waals surface area contributed by atoms with E-state index in [-0.39, 0.29) is 6.04 Å². The molecule has 0 radical (unpaired) electrons. The molecule has 0 spiro atoms.